The van der Waals surface area contributed by atoms with Gasteiger partial charge in [0.05, 0.1) is 6.20 Å². The third kappa shape index (κ3) is 2.46. The summed E-state index contributed by atoms with van der Waals surface area (Å²) < 4.78 is 1.91. The summed E-state index contributed by atoms with van der Waals surface area (Å²) in [6, 6.07) is 1.61. The molecule has 8 heteroatoms. The van der Waals surface area contributed by atoms with Gasteiger partial charge in [0.25, 0.3) is 5.56 Å². The number of hydrogen-bond acceptors (Lipinski definition) is 5. The summed E-state index contributed by atoms with van der Waals surface area (Å²) in [7, 11) is 0. The van der Waals surface area contributed by atoms with Crippen LogP contribution in [0.15, 0.2) is 28.4 Å². The van der Waals surface area contributed by atoms with Crippen molar-refractivity contribution in [2.75, 3.05) is 0 Å². The Morgan fingerprint density at radius 3 is 3.05 bits per heavy atom. The second-order valence-electron chi connectivity index (χ2n) is 4.41. The van der Waals surface area contributed by atoms with Gasteiger partial charge >= 0.3 is 0 Å². The molecule has 3 rings (SSSR count). The summed E-state index contributed by atoms with van der Waals surface area (Å²) in [6.45, 7) is 2.08. The van der Waals surface area contributed by atoms with Crippen molar-refractivity contribution in [1.29, 1.82) is 0 Å². The zero-order valence-corrected chi connectivity index (χ0v) is 11.8. The van der Waals surface area contributed by atoms with Gasteiger partial charge in [-0.1, -0.05) is 25.1 Å². The van der Waals surface area contributed by atoms with Crippen LogP contribution in [0.4, 0.5) is 0 Å². The van der Waals surface area contributed by atoms with E-state index in [9.17, 15) is 4.79 Å². The quantitative estimate of drug-likeness (QED) is 0.693. The lowest BCUT2D eigenvalue weighted by Gasteiger charge is -2.05. The molecule has 0 radical (unpaired) electrons. The number of hydrogen-bond donors (Lipinski definition) is 2. The number of fused-ring (bicyclic) bond motifs is 1. The summed E-state index contributed by atoms with van der Waals surface area (Å²) in [5.41, 5.74) is 1.89. The third-order valence-electron chi connectivity index (χ3n) is 2.88. The van der Waals surface area contributed by atoms with Crippen molar-refractivity contribution in [3.8, 4) is 0 Å². The van der Waals surface area contributed by atoms with Gasteiger partial charge in [0.15, 0.2) is 5.16 Å². The molecule has 3 aromatic rings. The van der Waals surface area contributed by atoms with Crippen LogP contribution in [0.2, 0.25) is 0 Å². The van der Waals surface area contributed by atoms with Crippen LogP contribution in [0.5, 0.6) is 0 Å². The van der Waals surface area contributed by atoms with E-state index in [1.54, 1.807) is 24.0 Å². The maximum absolute atomic E-state index is 11.6. The minimum absolute atomic E-state index is 0.139. The van der Waals surface area contributed by atoms with Crippen LogP contribution in [0.3, 0.4) is 0 Å². The molecule has 0 fully saturated rings. The largest absolute Gasteiger partial charge is 0.291 e. The molecule has 0 saturated carbocycles. The highest BCUT2D eigenvalue weighted by Gasteiger charge is 2.11. The molecule has 7 nitrogen and oxygen atoms in total. The smallest absolute Gasteiger partial charge is 0.252 e. The maximum atomic E-state index is 11.6. The molecule has 3 aromatic heterocycles. The van der Waals surface area contributed by atoms with Gasteiger partial charge < -0.3 is 0 Å². The fourth-order valence-corrected chi connectivity index (χ4v) is 2.90. The lowest BCUT2D eigenvalue weighted by Crippen LogP contribution is -2.11. The Labute approximate surface area is 118 Å². The topological polar surface area (TPSA) is 91.7 Å². The SMILES string of the molecule is CCCc1cc(=O)[nH]c2nnc(SCc3cn[nH]c3)n12. The van der Waals surface area contributed by atoms with E-state index in [-0.39, 0.29) is 5.56 Å². The molecular weight excluding hydrogens is 276 g/mol. The van der Waals surface area contributed by atoms with Gasteiger partial charge in [-0.2, -0.15) is 5.10 Å². The number of aryl methyl sites for hydroxylation is 1. The van der Waals surface area contributed by atoms with E-state index in [1.165, 1.54) is 0 Å². The van der Waals surface area contributed by atoms with Crippen molar-refractivity contribution < 1.29 is 0 Å². The Bertz CT molecular complexity index is 760. The van der Waals surface area contributed by atoms with Crippen molar-refractivity contribution in [2.45, 2.75) is 30.7 Å². The third-order valence-corrected chi connectivity index (χ3v) is 3.88. The standard InChI is InChI=1S/C12H14N6OS/c1-2-3-9-4-10(19)15-11-16-17-12(18(9)11)20-7-8-5-13-14-6-8/h4-6H,2-3,7H2,1H3,(H,13,14)(H,15,16,19). The molecule has 3 heterocycles. The lowest BCUT2D eigenvalue weighted by molar-refractivity contribution is 0.800. The molecule has 20 heavy (non-hydrogen) atoms. The predicted molar refractivity (Wildman–Crippen MR) is 75.8 cm³/mol. The first kappa shape index (κ1) is 12.9. The van der Waals surface area contributed by atoms with Crippen molar-refractivity contribution in [3.63, 3.8) is 0 Å². The number of nitrogens with zero attached hydrogens (tertiary/aromatic N) is 4. The fourth-order valence-electron chi connectivity index (χ4n) is 2.01. The molecule has 0 spiro atoms. The minimum Gasteiger partial charge on any atom is -0.291 e. The van der Waals surface area contributed by atoms with Crippen LogP contribution in [0.1, 0.15) is 24.6 Å². The number of aromatic amines is 2. The monoisotopic (exact) mass is 290 g/mol. The molecule has 0 atom stereocenters. The molecular formula is C12H14N6OS. The van der Waals surface area contributed by atoms with Crippen molar-refractivity contribution in [1.82, 2.24) is 29.8 Å². The van der Waals surface area contributed by atoms with E-state index in [0.29, 0.717) is 5.78 Å². The highest BCUT2D eigenvalue weighted by atomic mass is 32.2. The number of nitrogens with one attached hydrogen (secondary N) is 2. The normalized spacial score (nSPS) is 11.2. The highest BCUT2D eigenvalue weighted by molar-refractivity contribution is 7.98. The van der Waals surface area contributed by atoms with E-state index >= 15 is 0 Å². The van der Waals surface area contributed by atoms with E-state index in [0.717, 1.165) is 35.0 Å². The van der Waals surface area contributed by atoms with Gasteiger partial charge in [-0.15, -0.1) is 10.2 Å². The molecule has 0 amide bonds. The first-order valence-corrected chi connectivity index (χ1v) is 7.34. The van der Waals surface area contributed by atoms with E-state index in [1.807, 2.05) is 10.6 Å². The second kappa shape index (κ2) is 5.49. The van der Waals surface area contributed by atoms with Gasteiger partial charge in [0.1, 0.15) is 0 Å². The van der Waals surface area contributed by atoms with Crippen LogP contribution < -0.4 is 5.56 Å². The fraction of sp³-hybridized carbons (Fsp3) is 0.333. The van der Waals surface area contributed by atoms with Gasteiger partial charge in [-0.05, 0) is 6.42 Å². The first-order chi connectivity index (χ1) is 9.78. The number of H-pyrrole nitrogens is 2. The summed E-state index contributed by atoms with van der Waals surface area (Å²) in [5.74, 6) is 1.25. The molecule has 0 saturated heterocycles. The van der Waals surface area contributed by atoms with E-state index in [4.69, 9.17) is 0 Å². The van der Waals surface area contributed by atoms with Crippen LogP contribution in [-0.4, -0.2) is 29.8 Å². The average molecular weight is 290 g/mol. The molecule has 0 aliphatic carbocycles. The van der Waals surface area contributed by atoms with Crippen molar-refractivity contribution in [3.05, 3.63) is 40.1 Å². The maximum Gasteiger partial charge on any atom is 0.252 e. The number of thioether (sulfide) groups is 1. The molecule has 0 bridgehead atoms. The van der Waals surface area contributed by atoms with Crippen LogP contribution in [0, 0.1) is 0 Å². The van der Waals surface area contributed by atoms with Gasteiger partial charge in [-0.3, -0.25) is 19.3 Å². The zero-order chi connectivity index (χ0) is 13.9. The second-order valence-corrected chi connectivity index (χ2v) is 5.35. The average Bonchev–Trinajstić information content (AvgIpc) is 3.05. The Kier molecular flexibility index (Phi) is 3.55. The van der Waals surface area contributed by atoms with Gasteiger partial charge in [0, 0.05) is 29.3 Å². The Balaban J connectivity index is 1.96. The highest BCUT2D eigenvalue weighted by Crippen LogP contribution is 2.21. The summed E-state index contributed by atoms with van der Waals surface area (Å²) in [6.07, 6.45) is 5.41. The van der Waals surface area contributed by atoms with E-state index in [2.05, 4.69) is 32.3 Å². The summed E-state index contributed by atoms with van der Waals surface area (Å²) in [4.78, 5) is 14.3. The molecule has 0 unspecified atom stereocenters. The molecule has 0 aliphatic rings. The van der Waals surface area contributed by atoms with E-state index < -0.39 is 0 Å². The van der Waals surface area contributed by atoms with Crippen LogP contribution >= 0.6 is 11.8 Å². The predicted octanol–water partition coefficient (Wildman–Crippen LogP) is 1.39. The van der Waals surface area contributed by atoms with Crippen LogP contribution in [0.25, 0.3) is 5.78 Å². The molecule has 0 aromatic carbocycles. The van der Waals surface area contributed by atoms with Crippen molar-refractivity contribution >= 4 is 17.5 Å². The summed E-state index contributed by atoms with van der Waals surface area (Å²) in [5, 5.41) is 15.7. The zero-order valence-electron chi connectivity index (χ0n) is 11.0. The molecule has 104 valence electrons. The number of rotatable bonds is 5. The van der Waals surface area contributed by atoms with Gasteiger partial charge in [-0.25, -0.2) is 0 Å². The van der Waals surface area contributed by atoms with Crippen molar-refractivity contribution in [2.24, 2.45) is 0 Å². The molecule has 0 aliphatic heterocycles. The Hall–Kier alpha value is -2.09. The lowest BCUT2D eigenvalue weighted by atomic mass is 10.2. The van der Waals surface area contributed by atoms with Gasteiger partial charge in [0.2, 0.25) is 5.78 Å². The van der Waals surface area contributed by atoms with Crippen LogP contribution in [-0.2, 0) is 12.2 Å². The first-order valence-electron chi connectivity index (χ1n) is 6.35. The molecule has 2 N–H and O–H groups in total. The minimum atomic E-state index is -0.139. The number of aromatic nitrogens is 6. The Morgan fingerprint density at radius 2 is 2.30 bits per heavy atom. The Morgan fingerprint density at radius 1 is 1.40 bits per heavy atom. The summed E-state index contributed by atoms with van der Waals surface area (Å²) >= 11 is 1.57.